The molecule has 4 heteroatoms. The number of benzene rings is 1. The number of hydrogen-bond acceptors (Lipinski definition) is 3. The van der Waals surface area contributed by atoms with Gasteiger partial charge in [0.1, 0.15) is 17.3 Å². The van der Waals surface area contributed by atoms with Gasteiger partial charge in [-0.2, -0.15) is 0 Å². The van der Waals surface area contributed by atoms with Crippen molar-refractivity contribution in [2.75, 3.05) is 0 Å². The van der Waals surface area contributed by atoms with E-state index in [1.807, 2.05) is 26.0 Å². The summed E-state index contributed by atoms with van der Waals surface area (Å²) in [4.78, 5) is 11.9. The molecule has 1 heterocycles. The zero-order valence-corrected chi connectivity index (χ0v) is 10.3. The van der Waals surface area contributed by atoms with E-state index < -0.39 is 0 Å². The van der Waals surface area contributed by atoms with Crippen molar-refractivity contribution in [3.05, 3.63) is 53.5 Å². The van der Waals surface area contributed by atoms with Crippen LogP contribution in [0.4, 0.5) is 0 Å². The molecule has 1 aromatic heterocycles. The van der Waals surface area contributed by atoms with E-state index >= 15 is 0 Å². The molecule has 0 aliphatic heterocycles. The van der Waals surface area contributed by atoms with Crippen LogP contribution in [0.5, 0.6) is 5.75 Å². The van der Waals surface area contributed by atoms with Crippen molar-refractivity contribution in [1.29, 1.82) is 0 Å². The summed E-state index contributed by atoms with van der Waals surface area (Å²) in [6.45, 7) is 3.70. The highest BCUT2D eigenvalue weighted by Crippen LogP contribution is 2.17. The Kier molecular flexibility index (Phi) is 3.37. The fraction of sp³-hybridized carbons (Fsp3) is 0.214. The van der Waals surface area contributed by atoms with Crippen LogP contribution in [0.25, 0.3) is 0 Å². The number of amides is 1. The molecule has 0 bridgehead atoms. The van der Waals surface area contributed by atoms with Crippen molar-refractivity contribution >= 4 is 5.91 Å². The van der Waals surface area contributed by atoms with Gasteiger partial charge >= 0.3 is 0 Å². The average molecular weight is 245 g/mol. The highest BCUT2D eigenvalue weighted by molar-refractivity contribution is 5.94. The van der Waals surface area contributed by atoms with Gasteiger partial charge in [-0.25, -0.2) is 0 Å². The summed E-state index contributed by atoms with van der Waals surface area (Å²) in [6, 6.07) is 9.70. The Morgan fingerprint density at radius 2 is 2.11 bits per heavy atom. The molecule has 2 N–H and O–H groups in total. The predicted octanol–water partition coefficient (Wildman–Crippen LogP) is 2.78. The lowest BCUT2D eigenvalue weighted by molar-refractivity contribution is 0.0934. The van der Waals surface area contributed by atoms with Crippen molar-refractivity contribution < 1.29 is 14.3 Å². The number of aryl methyl sites for hydroxylation is 1. The quantitative estimate of drug-likeness (QED) is 0.874. The molecule has 1 unspecified atom stereocenters. The molecule has 0 spiro atoms. The molecule has 2 rings (SSSR count). The maximum Gasteiger partial charge on any atom is 0.251 e. The van der Waals surface area contributed by atoms with E-state index in [0.29, 0.717) is 11.3 Å². The molecule has 18 heavy (non-hydrogen) atoms. The summed E-state index contributed by atoms with van der Waals surface area (Å²) in [7, 11) is 0. The zero-order valence-electron chi connectivity index (χ0n) is 10.3. The van der Waals surface area contributed by atoms with E-state index in [-0.39, 0.29) is 17.7 Å². The van der Waals surface area contributed by atoms with E-state index in [1.54, 1.807) is 12.1 Å². The Morgan fingerprint density at radius 3 is 2.72 bits per heavy atom. The fourth-order valence-electron chi connectivity index (χ4n) is 1.68. The smallest absolute Gasteiger partial charge is 0.251 e. The third kappa shape index (κ3) is 2.71. The zero-order chi connectivity index (χ0) is 13.1. The first-order valence-electron chi connectivity index (χ1n) is 5.72. The minimum atomic E-state index is -0.243. The minimum absolute atomic E-state index is 0.0733. The van der Waals surface area contributed by atoms with Crippen LogP contribution in [0.2, 0.25) is 0 Å². The molecular weight excluding hydrogens is 230 g/mol. The van der Waals surface area contributed by atoms with Crippen molar-refractivity contribution in [1.82, 2.24) is 5.32 Å². The fourth-order valence-corrected chi connectivity index (χ4v) is 1.68. The van der Waals surface area contributed by atoms with E-state index in [2.05, 4.69) is 5.32 Å². The summed E-state index contributed by atoms with van der Waals surface area (Å²) in [6.07, 6.45) is 0. The highest BCUT2D eigenvalue weighted by atomic mass is 16.3. The second kappa shape index (κ2) is 4.96. The van der Waals surface area contributed by atoms with Gasteiger partial charge in [-0.15, -0.1) is 0 Å². The highest BCUT2D eigenvalue weighted by Gasteiger charge is 2.14. The van der Waals surface area contributed by atoms with Crippen LogP contribution in [-0.2, 0) is 0 Å². The van der Waals surface area contributed by atoms with Crippen molar-refractivity contribution in [2.24, 2.45) is 0 Å². The number of aromatic hydroxyl groups is 1. The molecule has 4 nitrogen and oxygen atoms in total. The van der Waals surface area contributed by atoms with Crippen molar-refractivity contribution in [3.63, 3.8) is 0 Å². The molecule has 0 saturated carbocycles. The van der Waals surface area contributed by atoms with Crippen LogP contribution in [-0.4, -0.2) is 11.0 Å². The third-order valence-electron chi connectivity index (χ3n) is 2.64. The monoisotopic (exact) mass is 245 g/mol. The first kappa shape index (κ1) is 12.2. The Labute approximate surface area is 105 Å². The molecule has 0 fully saturated rings. The summed E-state index contributed by atoms with van der Waals surface area (Å²) >= 11 is 0. The lowest BCUT2D eigenvalue weighted by atomic mass is 10.2. The van der Waals surface area contributed by atoms with Crippen LogP contribution >= 0.6 is 0 Å². The molecule has 1 aromatic carbocycles. The van der Waals surface area contributed by atoms with Gasteiger partial charge in [-0.3, -0.25) is 4.79 Å². The summed E-state index contributed by atoms with van der Waals surface area (Å²) < 4.78 is 5.44. The van der Waals surface area contributed by atoms with Gasteiger partial charge in [-0.1, -0.05) is 6.07 Å². The molecule has 1 amide bonds. The van der Waals surface area contributed by atoms with E-state index in [4.69, 9.17) is 4.42 Å². The van der Waals surface area contributed by atoms with Gasteiger partial charge in [0.25, 0.3) is 5.91 Å². The number of phenols is 1. The van der Waals surface area contributed by atoms with Gasteiger partial charge in [0.15, 0.2) is 0 Å². The minimum Gasteiger partial charge on any atom is -0.508 e. The van der Waals surface area contributed by atoms with Gasteiger partial charge in [0.05, 0.1) is 6.04 Å². The molecule has 0 saturated heterocycles. The number of hydrogen-bond donors (Lipinski definition) is 2. The molecular formula is C14H15NO3. The van der Waals surface area contributed by atoms with E-state index in [0.717, 1.165) is 5.76 Å². The molecule has 0 aliphatic carbocycles. The largest absolute Gasteiger partial charge is 0.508 e. The van der Waals surface area contributed by atoms with Crippen LogP contribution < -0.4 is 5.32 Å². The molecule has 1 atom stereocenters. The lowest BCUT2D eigenvalue weighted by Crippen LogP contribution is -2.26. The van der Waals surface area contributed by atoms with Crippen LogP contribution in [0.3, 0.4) is 0 Å². The third-order valence-corrected chi connectivity index (χ3v) is 2.64. The Bertz CT molecular complexity index is 560. The van der Waals surface area contributed by atoms with Gasteiger partial charge in [0, 0.05) is 5.56 Å². The second-order valence-electron chi connectivity index (χ2n) is 4.19. The number of carbonyl (C=O) groups is 1. The molecule has 0 aliphatic rings. The topological polar surface area (TPSA) is 62.5 Å². The predicted molar refractivity (Wildman–Crippen MR) is 67.4 cm³/mol. The SMILES string of the molecule is Cc1ccc(C(C)NC(=O)c2cccc(O)c2)o1. The van der Waals surface area contributed by atoms with Crippen LogP contribution in [0, 0.1) is 6.92 Å². The van der Waals surface area contributed by atoms with Crippen LogP contribution in [0.1, 0.15) is 34.8 Å². The standard InChI is InChI=1S/C14H15NO3/c1-9-6-7-13(18-9)10(2)15-14(17)11-4-3-5-12(16)8-11/h3-8,10,16H,1-2H3,(H,15,17). The second-order valence-corrected chi connectivity index (χ2v) is 4.19. The number of nitrogens with one attached hydrogen (secondary N) is 1. The summed E-state index contributed by atoms with van der Waals surface area (Å²) in [5.74, 6) is 1.35. The summed E-state index contributed by atoms with van der Waals surface area (Å²) in [5, 5.41) is 12.1. The van der Waals surface area contributed by atoms with Crippen molar-refractivity contribution in [3.8, 4) is 5.75 Å². The number of furan rings is 1. The van der Waals surface area contributed by atoms with Crippen LogP contribution in [0.15, 0.2) is 40.8 Å². The Balaban J connectivity index is 2.08. The molecule has 0 radical (unpaired) electrons. The molecule has 2 aromatic rings. The van der Waals surface area contributed by atoms with E-state index in [1.165, 1.54) is 12.1 Å². The summed E-state index contributed by atoms with van der Waals surface area (Å²) in [5.41, 5.74) is 0.421. The Morgan fingerprint density at radius 1 is 1.33 bits per heavy atom. The first-order chi connectivity index (χ1) is 8.56. The number of rotatable bonds is 3. The van der Waals surface area contributed by atoms with Gasteiger partial charge < -0.3 is 14.8 Å². The van der Waals surface area contributed by atoms with E-state index in [9.17, 15) is 9.90 Å². The lowest BCUT2D eigenvalue weighted by Gasteiger charge is -2.11. The normalized spacial score (nSPS) is 12.1. The maximum absolute atomic E-state index is 11.9. The Hall–Kier alpha value is -2.23. The number of phenolic OH excluding ortho intramolecular Hbond substituents is 1. The van der Waals surface area contributed by atoms with Gasteiger partial charge in [-0.05, 0) is 44.2 Å². The van der Waals surface area contributed by atoms with Gasteiger partial charge in [0.2, 0.25) is 0 Å². The maximum atomic E-state index is 11.9. The van der Waals surface area contributed by atoms with Crippen molar-refractivity contribution in [2.45, 2.75) is 19.9 Å². The molecule has 94 valence electrons. The number of carbonyl (C=O) groups excluding carboxylic acids is 1. The first-order valence-corrected chi connectivity index (χ1v) is 5.72. The average Bonchev–Trinajstić information content (AvgIpc) is 2.76.